The van der Waals surface area contributed by atoms with E-state index >= 15 is 0 Å². The number of hydrogen-bond acceptors (Lipinski definition) is 2. The van der Waals surface area contributed by atoms with Gasteiger partial charge in [0.25, 0.3) is 0 Å². The normalized spacial score (nSPS) is 13.8. The molecular formula is C20H36O2. The van der Waals surface area contributed by atoms with Crippen molar-refractivity contribution in [1.82, 2.24) is 0 Å². The zero-order valence-electron chi connectivity index (χ0n) is 15.4. The number of rotatable bonds is 12. The molecule has 128 valence electrons. The second-order valence-corrected chi connectivity index (χ2v) is 6.83. The maximum Gasteiger partial charge on any atom is 0.331 e. The number of allylic oxidation sites excluding steroid dienone is 3. The molecule has 0 heterocycles. The maximum atomic E-state index is 11.6. The molecule has 0 aromatic heterocycles. The monoisotopic (exact) mass is 308 g/mol. The molecule has 1 atom stereocenters. The third kappa shape index (κ3) is 13.9. The molecule has 0 aromatic carbocycles. The van der Waals surface area contributed by atoms with Crippen LogP contribution in [0.15, 0.2) is 23.8 Å². The Labute approximate surface area is 138 Å². The van der Waals surface area contributed by atoms with Crippen LogP contribution in [0.2, 0.25) is 0 Å². The summed E-state index contributed by atoms with van der Waals surface area (Å²) in [6, 6.07) is 0. The molecule has 0 aliphatic carbocycles. The first-order chi connectivity index (χ1) is 10.5. The highest BCUT2D eigenvalue weighted by molar-refractivity contribution is 5.83. The fourth-order valence-corrected chi connectivity index (χ4v) is 2.28. The summed E-state index contributed by atoms with van der Waals surface area (Å²) < 4.78 is 5.17. The molecule has 0 saturated carbocycles. The topological polar surface area (TPSA) is 26.3 Å². The molecular weight excluding hydrogens is 272 g/mol. The Bertz CT molecular complexity index is 340. The van der Waals surface area contributed by atoms with Gasteiger partial charge in [-0.3, -0.25) is 0 Å². The molecule has 0 bridgehead atoms. The molecule has 2 nitrogen and oxygen atoms in total. The predicted molar refractivity (Wildman–Crippen MR) is 95.9 cm³/mol. The van der Waals surface area contributed by atoms with Gasteiger partial charge in [-0.05, 0) is 37.2 Å². The summed E-state index contributed by atoms with van der Waals surface area (Å²) in [4.78, 5) is 11.6. The molecule has 0 radical (unpaired) electrons. The van der Waals surface area contributed by atoms with Crippen LogP contribution in [0.1, 0.15) is 79.6 Å². The highest BCUT2D eigenvalue weighted by atomic mass is 16.5. The molecule has 0 aliphatic rings. The van der Waals surface area contributed by atoms with Crippen LogP contribution in [-0.2, 0) is 9.53 Å². The van der Waals surface area contributed by atoms with Crippen molar-refractivity contribution in [2.45, 2.75) is 79.6 Å². The molecule has 0 aliphatic heterocycles. The first kappa shape index (κ1) is 20.9. The van der Waals surface area contributed by atoms with Gasteiger partial charge in [-0.25, -0.2) is 4.79 Å². The third-order valence-corrected chi connectivity index (χ3v) is 3.74. The van der Waals surface area contributed by atoms with Crippen LogP contribution >= 0.6 is 0 Å². The van der Waals surface area contributed by atoms with Crippen LogP contribution in [-0.4, -0.2) is 12.6 Å². The van der Waals surface area contributed by atoms with Crippen LogP contribution in [0.3, 0.4) is 0 Å². The third-order valence-electron chi connectivity index (χ3n) is 3.74. The summed E-state index contributed by atoms with van der Waals surface area (Å²) in [5, 5.41) is 0. The van der Waals surface area contributed by atoms with Crippen molar-refractivity contribution in [2.24, 2.45) is 11.8 Å². The Hall–Kier alpha value is -1.05. The van der Waals surface area contributed by atoms with E-state index in [9.17, 15) is 4.79 Å². The van der Waals surface area contributed by atoms with Gasteiger partial charge in [0, 0.05) is 6.08 Å². The Morgan fingerprint density at radius 2 is 1.82 bits per heavy atom. The van der Waals surface area contributed by atoms with Gasteiger partial charge < -0.3 is 4.74 Å². The standard InChI is InChI=1S/C20H36O2/c1-6-7-8-15-22-20(21)16-19(5)14-10-13-18(4)12-9-11-17(2)3/h10,14,16-18H,6-9,11-13,15H2,1-5H3/b14-10+,19-16+. The Kier molecular flexibility index (Phi) is 13.0. The molecule has 0 fully saturated rings. The van der Waals surface area contributed by atoms with E-state index < -0.39 is 0 Å². The molecule has 0 amide bonds. The Morgan fingerprint density at radius 3 is 2.45 bits per heavy atom. The summed E-state index contributed by atoms with van der Waals surface area (Å²) in [6.45, 7) is 11.5. The summed E-state index contributed by atoms with van der Waals surface area (Å²) in [6.07, 6.45) is 14.0. The quantitative estimate of drug-likeness (QED) is 0.189. The van der Waals surface area contributed by atoms with Gasteiger partial charge in [-0.1, -0.05) is 72.0 Å². The van der Waals surface area contributed by atoms with Crippen molar-refractivity contribution in [3.63, 3.8) is 0 Å². The highest BCUT2D eigenvalue weighted by Crippen LogP contribution is 2.15. The lowest BCUT2D eigenvalue weighted by atomic mass is 9.97. The number of unbranched alkanes of at least 4 members (excludes halogenated alkanes) is 2. The van der Waals surface area contributed by atoms with Gasteiger partial charge >= 0.3 is 5.97 Å². The lowest BCUT2D eigenvalue weighted by Gasteiger charge is -2.09. The SMILES string of the molecule is CCCCCOC(=O)/C=C(C)/C=C/CC(C)CCCC(C)C. The predicted octanol–water partition coefficient (Wildman–Crippen LogP) is 6.07. The second-order valence-electron chi connectivity index (χ2n) is 6.83. The summed E-state index contributed by atoms with van der Waals surface area (Å²) >= 11 is 0. The van der Waals surface area contributed by atoms with Gasteiger partial charge in [-0.15, -0.1) is 0 Å². The number of ether oxygens (including phenoxy) is 1. The molecule has 0 aromatic rings. The van der Waals surface area contributed by atoms with E-state index in [0.717, 1.165) is 37.2 Å². The van der Waals surface area contributed by atoms with Gasteiger partial charge in [-0.2, -0.15) is 0 Å². The first-order valence-corrected chi connectivity index (χ1v) is 8.97. The van der Waals surface area contributed by atoms with Gasteiger partial charge in [0.1, 0.15) is 0 Å². The highest BCUT2D eigenvalue weighted by Gasteiger charge is 2.01. The van der Waals surface area contributed by atoms with Gasteiger partial charge in [0.2, 0.25) is 0 Å². The minimum absolute atomic E-state index is 0.219. The van der Waals surface area contributed by atoms with E-state index in [1.165, 1.54) is 19.3 Å². The van der Waals surface area contributed by atoms with E-state index in [2.05, 4.69) is 33.8 Å². The number of carbonyl (C=O) groups is 1. The van der Waals surface area contributed by atoms with E-state index in [1.54, 1.807) is 6.08 Å². The van der Waals surface area contributed by atoms with Crippen LogP contribution in [0.25, 0.3) is 0 Å². The van der Waals surface area contributed by atoms with Gasteiger partial charge in [0.15, 0.2) is 0 Å². The summed E-state index contributed by atoms with van der Waals surface area (Å²) in [5.41, 5.74) is 0.967. The fraction of sp³-hybridized carbons (Fsp3) is 0.750. The minimum atomic E-state index is -0.219. The van der Waals surface area contributed by atoms with Crippen LogP contribution in [0.4, 0.5) is 0 Å². The van der Waals surface area contributed by atoms with Crippen LogP contribution < -0.4 is 0 Å². The zero-order chi connectivity index (χ0) is 16.8. The zero-order valence-corrected chi connectivity index (χ0v) is 15.4. The van der Waals surface area contributed by atoms with Crippen LogP contribution in [0, 0.1) is 11.8 Å². The number of esters is 1. The molecule has 0 saturated heterocycles. The number of carbonyl (C=O) groups excluding carboxylic acids is 1. The molecule has 22 heavy (non-hydrogen) atoms. The second kappa shape index (κ2) is 13.6. The van der Waals surface area contributed by atoms with E-state index in [4.69, 9.17) is 4.74 Å². The lowest BCUT2D eigenvalue weighted by molar-refractivity contribution is -0.137. The molecule has 2 heteroatoms. The average Bonchev–Trinajstić information content (AvgIpc) is 2.43. The van der Waals surface area contributed by atoms with E-state index in [0.29, 0.717) is 12.5 Å². The first-order valence-electron chi connectivity index (χ1n) is 8.97. The van der Waals surface area contributed by atoms with Crippen molar-refractivity contribution in [2.75, 3.05) is 6.61 Å². The van der Waals surface area contributed by atoms with E-state index in [1.807, 2.05) is 13.0 Å². The van der Waals surface area contributed by atoms with Crippen molar-refractivity contribution >= 4 is 5.97 Å². The summed E-state index contributed by atoms with van der Waals surface area (Å²) in [5.74, 6) is 1.29. The largest absolute Gasteiger partial charge is 0.463 e. The van der Waals surface area contributed by atoms with Crippen molar-refractivity contribution in [3.05, 3.63) is 23.8 Å². The fourth-order valence-electron chi connectivity index (χ4n) is 2.28. The number of hydrogen-bond donors (Lipinski definition) is 0. The molecule has 0 spiro atoms. The van der Waals surface area contributed by atoms with Gasteiger partial charge in [0.05, 0.1) is 6.61 Å². The average molecular weight is 309 g/mol. The minimum Gasteiger partial charge on any atom is -0.463 e. The maximum absolute atomic E-state index is 11.6. The molecule has 0 N–H and O–H groups in total. The van der Waals surface area contributed by atoms with Crippen molar-refractivity contribution in [1.29, 1.82) is 0 Å². The van der Waals surface area contributed by atoms with Crippen molar-refractivity contribution in [3.8, 4) is 0 Å². The lowest BCUT2D eigenvalue weighted by Crippen LogP contribution is -2.02. The Balaban J connectivity index is 3.89. The Morgan fingerprint density at radius 1 is 1.09 bits per heavy atom. The smallest absolute Gasteiger partial charge is 0.331 e. The van der Waals surface area contributed by atoms with Crippen molar-refractivity contribution < 1.29 is 9.53 Å². The van der Waals surface area contributed by atoms with E-state index in [-0.39, 0.29) is 5.97 Å². The molecule has 1 unspecified atom stereocenters. The molecule has 0 rings (SSSR count). The van der Waals surface area contributed by atoms with Crippen LogP contribution in [0.5, 0.6) is 0 Å². The summed E-state index contributed by atoms with van der Waals surface area (Å²) in [7, 11) is 0.